The van der Waals surface area contributed by atoms with Crippen LogP contribution in [0.1, 0.15) is 79.0 Å². The van der Waals surface area contributed by atoms with Crippen LogP contribution in [0.4, 0.5) is 28.4 Å². The summed E-state index contributed by atoms with van der Waals surface area (Å²) in [5, 5.41) is 2.27. The lowest BCUT2D eigenvalue weighted by Crippen LogP contribution is -2.61. The highest BCUT2D eigenvalue weighted by Crippen LogP contribution is 2.52. The van der Waals surface area contributed by atoms with E-state index in [4.69, 9.17) is 4.42 Å². The lowest BCUT2D eigenvalue weighted by Gasteiger charge is -2.47. The molecule has 0 amide bonds. The highest BCUT2D eigenvalue weighted by Gasteiger charge is 2.47. The molecule has 8 aromatic rings. The number of hydrogen-bond acceptors (Lipinski definition) is 3. The predicted octanol–water partition coefficient (Wildman–Crippen LogP) is 13.9. The standard InChI is InChI=1S/C54H51BN2O/c1-52(2,3)35-23-26-38(27-24-35)57-45-21-15-13-19-39(45)42-32-37(54(7,8)9)33-46-50(42)55(57)43-28-30-48-49(40-20-14-16-22-47(40)58-48)51(43)56(46)44-29-25-36(53(4,5)6)31-41(44)34-17-11-10-12-18-34/h10-33H,1-9H3. The van der Waals surface area contributed by atoms with E-state index in [1.807, 2.05) is 0 Å². The minimum atomic E-state index is -0.104. The van der Waals surface area contributed by atoms with E-state index >= 15 is 0 Å². The Morgan fingerprint density at radius 3 is 1.83 bits per heavy atom. The van der Waals surface area contributed by atoms with Crippen LogP contribution in [0.3, 0.4) is 0 Å². The summed E-state index contributed by atoms with van der Waals surface area (Å²) in [5.74, 6) is 0. The van der Waals surface area contributed by atoms with E-state index in [0.717, 1.165) is 27.6 Å². The third-order valence-electron chi connectivity index (χ3n) is 12.5. The van der Waals surface area contributed by atoms with Crippen molar-refractivity contribution in [3.8, 4) is 22.3 Å². The van der Waals surface area contributed by atoms with E-state index < -0.39 is 0 Å². The molecule has 0 aliphatic carbocycles. The molecular formula is C54H51BN2O. The molecule has 0 unspecified atom stereocenters. The summed E-state index contributed by atoms with van der Waals surface area (Å²) in [5.41, 5.74) is 19.1. The van der Waals surface area contributed by atoms with Crippen molar-refractivity contribution < 1.29 is 4.42 Å². The molecule has 2 aliphatic heterocycles. The van der Waals surface area contributed by atoms with Crippen molar-refractivity contribution in [3.05, 3.63) is 162 Å². The zero-order valence-corrected chi connectivity index (χ0v) is 35.2. The van der Waals surface area contributed by atoms with E-state index in [1.54, 1.807) is 0 Å². The van der Waals surface area contributed by atoms with Gasteiger partial charge in [-0.2, -0.15) is 0 Å². The Hall–Kier alpha value is -6.00. The number of nitrogens with zero attached hydrogens (tertiary/aromatic N) is 2. The number of benzene rings is 7. The Morgan fingerprint density at radius 2 is 1.10 bits per heavy atom. The molecule has 0 radical (unpaired) electrons. The number of anilines is 5. The Balaban J connectivity index is 1.38. The van der Waals surface area contributed by atoms with Crippen LogP contribution in [0.15, 0.2) is 150 Å². The van der Waals surface area contributed by atoms with Crippen LogP contribution in [0.5, 0.6) is 0 Å². The molecule has 0 bridgehead atoms. The molecule has 0 atom stereocenters. The van der Waals surface area contributed by atoms with Crippen molar-refractivity contribution in [2.45, 2.75) is 78.6 Å². The molecule has 58 heavy (non-hydrogen) atoms. The van der Waals surface area contributed by atoms with Gasteiger partial charge in [0.05, 0.1) is 16.8 Å². The average molecular weight is 755 g/mol. The minimum absolute atomic E-state index is 0.0287. The molecule has 1 aromatic heterocycles. The van der Waals surface area contributed by atoms with Gasteiger partial charge in [-0.25, -0.2) is 0 Å². The number of furan rings is 1. The molecule has 0 N–H and O–H groups in total. The number of fused-ring (bicyclic) bond motifs is 8. The van der Waals surface area contributed by atoms with Crippen LogP contribution >= 0.6 is 0 Å². The van der Waals surface area contributed by atoms with Crippen molar-refractivity contribution in [1.29, 1.82) is 0 Å². The molecule has 286 valence electrons. The highest BCUT2D eigenvalue weighted by atomic mass is 16.3. The van der Waals surface area contributed by atoms with Crippen molar-refractivity contribution in [1.82, 2.24) is 0 Å². The topological polar surface area (TPSA) is 19.6 Å². The lowest BCUT2D eigenvalue weighted by atomic mass is 9.43. The zero-order chi connectivity index (χ0) is 40.3. The number of rotatable bonds is 3. The summed E-state index contributed by atoms with van der Waals surface area (Å²) in [6.45, 7) is 20.7. The van der Waals surface area contributed by atoms with Gasteiger partial charge < -0.3 is 14.1 Å². The van der Waals surface area contributed by atoms with Crippen LogP contribution in [0, 0.1) is 0 Å². The largest absolute Gasteiger partial charge is 0.456 e. The summed E-state index contributed by atoms with van der Waals surface area (Å²) < 4.78 is 6.73. The third kappa shape index (κ3) is 5.63. The molecule has 7 aromatic carbocycles. The lowest BCUT2D eigenvalue weighted by molar-refractivity contribution is 0.590. The van der Waals surface area contributed by atoms with Crippen LogP contribution in [-0.2, 0) is 16.2 Å². The SMILES string of the molecule is CC(C)(C)c1ccc(N2B3c4ccc5oc6ccccc6c5c4N(c4ccc(C(C)(C)C)cc4-c4ccccc4)c4cc(C(C)(C)C)cc(c43)-c3ccccc32)cc1. The summed E-state index contributed by atoms with van der Waals surface area (Å²) in [6, 6.07) is 54.5. The maximum absolute atomic E-state index is 6.73. The van der Waals surface area contributed by atoms with Gasteiger partial charge in [-0.05, 0) is 104 Å². The minimum Gasteiger partial charge on any atom is -0.456 e. The van der Waals surface area contributed by atoms with E-state index in [-0.39, 0.29) is 23.1 Å². The van der Waals surface area contributed by atoms with E-state index in [2.05, 4.69) is 218 Å². The normalized spacial score (nSPS) is 13.8. The maximum atomic E-state index is 6.73. The molecule has 0 spiro atoms. The third-order valence-corrected chi connectivity index (χ3v) is 12.5. The van der Waals surface area contributed by atoms with E-state index in [9.17, 15) is 0 Å². The molecular weight excluding hydrogens is 703 g/mol. The van der Waals surface area contributed by atoms with Gasteiger partial charge in [0, 0.05) is 33.6 Å². The molecule has 2 aliphatic rings. The Kier molecular flexibility index (Phi) is 7.99. The van der Waals surface area contributed by atoms with Gasteiger partial charge in [0.25, 0.3) is 0 Å². The van der Waals surface area contributed by atoms with E-state index in [0.29, 0.717) is 0 Å². The first kappa shape index (κ1) is 36.4. The maximum Gasteiger partial charge on any atom is 0.333 e. The Labute approximate surface area is 344 Å². The van der Waals surface area contributed by atoms with Gasteiger partial charge in [0.2, 0.25) is 0 Å². The number of hydrogen-bond donors (Lipinski definition) is 0. The highest BCUT2D eigenvalue weighted by molar-refractivity contribution is 6.94. The fourth-order valence-electron chi connectivity index (χ4n) is 9.34. The summed E-state index contributed by atoms with van der Waals surface area (Å²) in [7, 11) is 0. The van der Waals surface area contributed by atoms with Gasteiger partial charge in [-0.3, -0.25) is 0 Å². The molecule has 3 heterocycles. The van der Waals surface area contributed by atoms with Crippen LogP contribution in [0.25, 0.3) is 44.2 Å². The summed E-state index contributed by atoms with van der Waals surface area (Å²) in [4.78, 5) is 5.21. The first-order valence-corrected chi connectivity index (χ1v) is 20.8. The van der Waals surface area contributed by atoms with Crippen LogP contribution in [0.2, 0.25) is 0 Å². The monoisotopic (exact) mass is 754 g/mol. The van der Waals surface area contributed by atoms with Gasteiger partial charge in [0.1, 0.15) is 11.2 Å². The Bertz CT molecular complexity index is 2900. The van der Waals surface area contributed by atoms with Crippen LogP contribution < -0.4 is 20.6 Å². The van der Waals surface area contributed by atoms with Gasteiger partial charge >= 0.3 is 6.85 Å². The fourth-order valence-corrected chi connectivity index (χ4v) is 9.34. The molecule has 4 heteroatoms. The summed E-state index contributed by atoms with van der Waals surface area (Å²) >= 11 is 0. The summed E-state index contributed by atoms with van der Waals surface area (Å²) in [6.07, 6.45) is 0. The quantitative estimate of drug-likeness (QED) is 0.168. The molecule has 0 fully saturated rings. The smallest absolute Gasteiger partial charge is 0.333 e. The van der Waals surface area contributed by atoms with Gasteiger partial charge in [-0.15, -0.1) is 0 Å². The predicted molar refractivity (Wildman–Crippen MR) is 249 cm³/mol. The van der Waals surface area contributed by atoms with Gasteiger partial charge in [-0.1, -0.05) is 159 Å². The second-order valence-corrected chi connectivity index (χ2v) is 19.5. The van der Waals surface area contributed by atoms with Crippen molar-refractivity contribution >= 4 is 68.1 Å². The molecule has 0 saturated heterocycles. The molecule has 10 rings (SSSR count). The first-order valence-electron chi connectivity index (χ1n) is 20.8. The Morgan fingerprint density at radius 1 is 0.466 bits per heavy atom. The zero-order valence-electron chi connectivity index (χ0n) is 35.2. The number of para-hydroxylation sites is 2. The average Bonchev–Trinajstić information content (AvgIpc) is 3.59. The van der Waals surface area contributed by atoms with Crippen molar-refractivity contribution in [2.75, 3.05) is 9.71 Å². The first-order chi connectivity index (χ1) is 27.7. The molecule has 0 saturated carbocycles. The van der Waals surface area contributed by atoms with E-state index in [1.165, 1.54) is 72.6 Å². The van der Waals surface area contributed by atoms with Crippen molar-refractivity contribution in [2.24, 2.45) is 0 Å². The van der Waals surface area contributed by atoms with Crippen molar-refractivity contribution in [3.63, 3.8) is 0 Å². The van der Waals surface area contributed by atoms with Gasteiger partial charge in [0.15, 0.2) is 0 Å². The fraction of sp³-hybridized carbons (Fsp3) is 0.222. The molecule has 3 nitrogen and oxygen atoms in total. The second kappa shape index (κ2) is 12.8. The van der Waals surface area contributed by atoms with Crippen LogP contribution in [-0.4, -0.2) is 6.85 Å². The second-order valence-electron chi connectivity index (χ2n) is 19.5.